The highest BCUT2D eigenvalue weighted by molar-refractivity contribution is 5.80. The molecule has 1 fully saturated rings. The van der Waals surface area contributed by atoms with Gasteiger partial charge in [0.2, 0.25) is 0 Å². The van der Waals surface area contributed by atoms with Gasteiger partial charge in [-0.15, -0.1) is 0 Å². The van der Waals surface area contributed by atoms with Crippen molar-refractivity contribution in [2.75, 3.05) is 6.54 Å². The minimum Gasteiger partial charge on any atom is -0.346 e. The van der Waals surface area contributed by atoms with Gasteiger partial charge < -0.3 is 9.88 Å². The smallest absolute Gasteiger partial charge is 0.125 e. The third kappa shape index (κ3) is 2.98. The van der Waals surface area contributed by atoms with E-state index in [1.165, 1.54) is 38.2 Å². The molecule has 0 unspecified atom stereocenters. The van der Waals surface area contributed by atoms with E-state index >= 15 is 0 Å². The number of aromatic nitrogens is 1. The summed E-state index contributed by atoms with van der Waals surface area (Å²) in [5.41, 5.74) is 0.991. The molecule has 1 aromatic carbocycles. The topological polar surface area (TPSA) is 17.0 Å². The fraction of sp³-hybridized carbons (Fsp3) is 0.500. The summed E-state index contributed by atoms with van der Waals surface area (Å²) in [6, 6.07) is 7.72. The first-order chi connectivity index (χ1) is 9.33. The molecule has 1 aromatic heterocycles. The van der Waals surface area contributed by atoms with Gasteiger partial charge in [-0.05, 0) is 42.5 Å². The lowest BCUT2D eigenvalue weighted by Gasteiger charge is -2.23. The Kier molecular flexibility index (Phi) is 3.83. The Balaban J connectivity index is 1.60. The Morgan fingerprint density at radius 2 is 2.00 bits per heavy atom. The molecule has 0 spiro atoms. The summed E-state index contributed by atoms with van der Waals surface area (Å²) in [6.45, 7) is 1.87. The molecule has 0 aliphatic heterocycles. The first-order valence-corrected chi connectivity index (χ1v) is 7.31. The predicted octanol–water partition coefficient (Wildman–Crippen LogP) is 3.70. The number of nitrogens with zero attached hydrogens (tertiary/aromatic N) is 1. The van der Waals surface area contributed by atoms with Gasteiger partial charge in [0.25, 0.3) is 0 Å². The number of hydrogen-bond donors (Lipinski definition) is 1. The molecule has 0 saturated heterocycles. The molecule has 19 heavy (non-hydrogen) atoms. The van der Waals surface area contributed by atoms with Crippen LogP contribution in [0.4, 0.5) is 4.39 Å². The van der Waals surface area contributed by atoms with Gasteiger partial charge in [-0.1, -0.05) is 19.3 Å². The summed E-state index contributed by atoms with van der Waals surface area (Å²) in [7, 11) is 0. The van der Waals surface area contributed by atoms with Crippen molar-refractivity contribution in [1.29, 1.82) is 0 Å². The van der Waals surface area contributed by atoms with E-state index in [9.17, 15) is 4.39 Å². The monoisotopic (exact) mass is 260 g/mol. The number of rotatable bonds is 4. The van der Waals surface area contributed by atoms with E-state index in [1.54, 1.807) is 6.07 Å². The van der Waals surface area contributed by atoms with Crippen LogP contribution in [0.1, 0.15) is 32.1 Å². The molecule has 2 aromatic rings. The van der Waals surface area contributed by atoms with Crippen LogP contribution in [0.5, 0.6) is 0 Å². The molecule has 1 aliphatic carbocycles. The molecule has 0 radical (unpaired) electrons. The molecule has 0 atom stereocenters. The van der Waals surface area contributed by atoms with Gasteiger partial charge in [0.05, 0.1) is 5.52 Å². The lowest BCUT2D eigenvalue weighted by Crippen LogP contribution is -2.33. The van der Waals surface area contributed by atoms with Crippen molar-refractivity contribution in [2.45, 2.75) is 44.7 Å². The van der Waals surface area contributed by atoms with Crippen molar-refractivity contribution in [1.82, 2.24) is 9.88 Å². The van der Waals surface area contributed by atoms with Gasteiger partial charge in [-0.2, -0.15) is 0 Å². The Morgan fingerprint density at radius 3 is 2.84 bits per heavy atom. The summed E-state index contributed by atoms with van der Waals surface area (Å²) < 4.78 is 15.4. The number of nitrogens with one attached hydrogen (secondary N) is 1. The average Bonchev–Trinajstić information content (AvgIpc) is 2.83. The van der Waals surface area contributed by atoms with Crippen LogP contribution in [-0.4, -0.2) is 17.2 Å². The van der Waals surface area contributed by atoms with Gasteiger partial charge in [-0.25, -0.2) is 4.39 Å². The van der Waals surface area contributed by atoms with Gasteiger partial charge in [0.1, 0.15) is 5.82 Å². The maximum Gasteiger partial charge on any atom is 0.125 e. The minimum atomic E-state index is -0.160. The third-order valence-electron chi connectivity index (χ3n) is 4.13. The Hall–Kier alpha value is -1.35. The molecule has 0 amide bonds. The molecule has 3 rings (SSSR count). The van der Waals surface area contributed by atoms with Crippen LogP contribution < -0.4 is 5.32 Å². The second-order valence-electron chi connectivity index (χ2n) is 5.50. The fourth-order valence-corrected chi connectivity index (χ4v) is 3.05. The lowest BCUT2D eigenvalue weighted by molar-refractivity contribution is 0.369. The molecule has 2 nitrogen and oxygen atoms in total. The molecular formula is C16H21FN2. The van der Waals surface area contributed by atoms with Crippen molar-refractivity contribution < 1.29 is 4.39 Å². The lowest BCUT2D eigenvalue weighted by atomic mass is 9.95. The summed E-state index contributed by atoms with van der Waals surface area (Å²) in [5, 5.41) is 4.73. The summed E-state index contributed by atoms with van der Waals surface area (Å²) in [5.74, 6) is -0.160. The van der Waals surface area contributed by atoms with Crippen LogP contribution in [0.25, 0.3) is 10.9 Å². The number of benzene rings is 1. The summed E-state index contributed by atoms with van der Waals surface area (Å²) in [4.78, 5) is 0. The highest BCUT2D eigenvalue weighted by atomic mass is 19.1. The van der Waals surface area contributed by atoms with Gasteiger partial charge in [-0.3, -0.25) is 0 Å². The number of fused-ring (bicyclic) bond motifs is 1. The minimum absolute atomic E-state index is 0.160. The first-order valence-electron chi connectivity index (χ1n) is 7.31. The van der Waals surface area contributed by atoms with E-state index in [4.69, 9.17) is 0 Å². The molecule has 1 heterocycles. The zero-order chi connectivity index (χ0) is 13.1. The zero-order valence-electron chi connectivity index (χ0n) is 11.2. The maximum absolute atomic E-state index is 13.3. The van der Waals surface area contributed by atoms with Crippen LogP contribution in [0.3, 0.4) is 0 Å². The highest BCUT2D eigenvalue weighted by Crippen LogP contribution is 2.18. The van der Waals surface area contributed by atoms with Crippen LogP contribution in [0.15, 0.2) is 30.5 Å². The quantitative estimate of drug-likeness (QED) is 0.887. The third-order valence-corrected chi connectivity index (χ3v) is 4.13. The normalized spacial score (nSPS) is 17.1. The predicted molar refractivity (Wildman–Crippen MR) is 76.8 cm³/mol. The van der Waals surface area contributed by atoms with E-state index in [0.29, 0.717) is 6.04 Å². The fourth-order valence-electron chi connectivity index (χ4n) is 3.05. The van der Waals surface area contributed by atoms with Crippen LogP contribution >= 0.6 is 0 Å². The van der Waals surface area contributed by atoms with E-state index in [1.807, 2.05) is 12.3 Å². The van der Waals surface area contributed by atoms with E-state index < -0.39 is 0 Å². The van der Waals surface area contributed by atoms with Crippen LogP contribution in [0, 0.1) is 5.82 Å². The standard InChI is InChI=1S/C16H21FN2/c17-14-7-6-13-8-10-19(16(13)12-14)11-9-18-15-4-2-1-3-5-15/h6-8,10,12,15,18H,1-5,9,11H2. The Bertz CT molecular complexity index is 541. The van der Waals surface area contributed by atoms with Crippen molar-refractivity contribution in [3.05, 3.63) is 36.3 Å². The van der Waals surface area contributed by atoms with Crippen molar-refractivity contribution in [3.8, 4) is 0 Å². The van der Waals surface area contributed by atoms with E-state index in [-0.39, 0.29) is 5.82 Å². The average molecular weight is 260 g/mol. The molecule has 0 bridgehead atoms. The molecular weight excluding hydrogens is 239 g/mol. The van der Waals surface area contributed by atoms with Gasteiger partial charge >= 0.3 is 0 Å². The zero-order valence-corrected chi connectivity index (χ0v) is 11.2. The Morgan fingerprint density at radius 1 is 1.16 bits per heavy atom. The van der Waals surface area contributed by atoms with E-state index in [0.717, 1.165) is 24.0 Å². The van der Waals surface area contributed by atoms with Crippen LogP contribution in [0.2, 0.25) is 0 Å². The van der Waals surface area contributed by atoms with Crippen LogP contribution in [-0.2, 0) is 6.54 Å². The molecule has 1 saturated carbocycles. The second-order valence-corrected chi connectivity index (χ2v) is 5.50. The SMILES string of the molecule is Fc1ccc2ccn(CCNC3CCCCC3)c2c1. The largest absolute Gasteiger partial charge is 0.346 e. The van der Waals surface area contributed by atoms with E-state index in [2.05, 4.69) is 16.0 Å². The molecule has 1 N–H and O–H groups in total. The van der Waals surface area contributed by atoms with Gasteiger partial charge in [0, 0.05) is 25.3 Å². The van der Waals surface area contributed by atoms with Crippen molar-refractivity contribution in [2.24, 2.45) is 0 Å². The molecule has 102 valence electrons. The molecule has 3 heteroatoms. The van der Waals surface area contributed by atoms with Gasteiger partial charge in [0.15, 0.2) is 0 Å². The summed E-state index contributed by atoms with van der Waals surface area (Å²) >= 11 is 0. The van der Waals surface area contributed by atoms with Crippen molar-refractivity contribution in [3.63, 3.8) is 0 Å². The second kappa shape index (κ2) is 5.74. The Labute approximate surface area is 113 Å². The number of halogens is 1. The maximum atomic E-state index is 13.3. The number of hydrogen-bond acceptors (Lipinski definition) is 1. The summed E-state index contributed by atoms with van der Waals surface area (Å²) in [6.07, 6.45) is 8.76. The first kappa shape index (κ1) is 12.7. The van der Waals surface area contributed by atoms with Crippen molar-refractivity contribution >= 4 is 10.9 Å². The highest BCUT2D eigenvalue weighted by Gasteiger charge is 2.12. The molecule has 1 aliphatic rings.